The number of nitrogens with zero attached hydrogens (tertiary/aromatic N) is 5. The molecule has 182 valence electrons. The molecule has 0 spiro atoms. The molecule has 0 fully saturated rings. The summed E-state index contributed by atoms with van der Waals surface area (Å²) in [6, 6.07) is 15.9. The van der Waals surface area contributed by atoms with E-state index in [0.717, 1.165) is 16.8 Å². The van der Waals surface area contributed by atoms with Crippen LogP contribution >= 0.6 is 0 Å². The summed E-state index contributed by atoms with van der Waals surface area (Å²) in [6.45, 7) is 4.01. The van der Waals surface area contributed by atoms with Crippen molar-refractivity contribution in [3.63, 3.8) is 0 Å². The lowest BCUT2D eigenvalue weighted by Gasteiger charge is -2.11. The summed E-state index contributed by atoms with van der Waals surface area (Å²) in [5.41, 5.74) is 6.77. The van der Waals surface area contributed by atoms with Gasteiger partial charge in [0.25, 0.3) is 5.69 Å². The summed E-state index contributed by atoms with van der Waals surface area (Å²) in [5, 5.41) is 40.2. The molecular formula is C24H22N8O4. The van der Waals surface area contributed by atoms with Crippen LogP contribution in [0.15, 0.2) is 65.8 Å². The van der Waals surface area contributed by atoms with Crippen molar-refractivity contribution in [2.24, 2.45) is 5.10 Å². The number of rotatable bonds is 8. The molecular weight excluding hydrogens is 464 g/mol. The van der Waals surface area contributed by atoms with Crippen molar-refractivity contribution in [1.82, 2.24) is 15.0 Å². The molecule has 0 aliphatic rings. The van der Waals surface area contributed by atoms with E-state index in [2.05, 4.69) is 36.1 Å². The number of non-ortho nitro benzene ring substituents is 1. The predicted octanol–water partition coefficient (Wildman–Crippen LogP) is 4.74. The number of hydrogen-bond donors (Lipinski definition) is 5. The van der Waals surface area contributed by atoms with E-state index in [1.54, 1.807) is 18.2 Å². The van der Waals surface area contributed by atoms with Crippen molar-refractivity contribution in [3.8, 4) is 11.5 Å². The number of hydrogen-bond acceptors (Lipinski definition) is 11. The van der Waals surface area contributed by atoms with Crippen LogP contribution in [0.4, 0.5) is 34.9 Å². The lowest BCUT2D eigenvalue weighted by atomic mass is 10.1. The number of nitrogens with one attached hydrogen (secondary N) is 3. The van der Waals surface area contributed by atoms with Crippen LogP contribution in [0, 0.1) is 24.0 Å². The predicted molar refractivity (Wildman–Crippen MR) is 136 cm³/mol. The fraction of sp³-hybridized carbons (Fsp3) is 0.0833. The Morgan fingerprint density at radius 1 is 0.806 bits per heavy atom. The zero-order valence-corrected chi connectivity index (χ0v) is 19.3. The first kappa shape index (κ1) is 23.9. The van der Waals surface area contributed by atoms with Gasteiger partial charge in [-0.05, 0) is 73.0 Å². The van der Waals surface area contributed by atoms with E-state index in [1.165, 1.54) is 30.5 Å². The van der Waals surface area contributed by atoms with Gasteiger partial charge in [0.1, 0.15) is 0 Å². The Kier molecular flexibility index (Phi) is 6.86. The Balaban J connectivity index is 1.60. The van der Waals surface area contributed by atoms with E-state index in [9.17, 15) is 20.3 Å². The molecule has 0 amide bonds. The minimum atomic E-state index is -0.480. The maximum atomic E-state index is 10.9. The minimum absolute atomic E-state index is 0.0368. The first-order valence-corrected chi connectivity index (χ1v) is 10.7. The van der Waals surface area contributed by atoms with Gasteiger partial charge < -0.3 is 20.8 Å². The van der Waals surface area contributed by atoms with Crippen molar-refractivity contribution in [2.75, 3.05) is 16.1 Å². The third kappa shape index (κ3) is 5.99. The zero-order chi connectivity index (χ0) is 25.7. The van der Waals surface area contributed by atoms with Crippen LogP contribution in [0.1, 0.15) is 16.7 Å². The summed E-state index contributed by atoms with van der Waals surface area (Å²) in [4.78, 5) is 23.5. The Morgan fingerprint density at radius 2 is 1.44 bits per heavy atom. The molecule has 1 aromatic heterocycles. The summed E-state index contributed by atoms with van der Waals surface area (Å²) in [7, 11) is 0. The SMILES string of the molecule is Cc1ccc(Nc2nc(NN=Cc3ccc(O)c(O)c3)nc(Nc3ccc([N+](=O)[O-])cc3)n2)cc1C. The fourth-order valence-corrected chi connectivity index (χ4v) is 3.07. The lowest BCUT2D eigenvalue weighted by Crippen LogP contribution is -2.07. The maximum Gasteiger partial charge on any atom is 0.269 e. The highest BCUT2D eigenvalue weighted by Crippen LogP contribution is 2.24. The average Bonchev–Trinajstić information content (AvgIpc) is 2.84. The van der Waals surface area contributed by atoms with E-state index in [1.807, 2.05) is 32.0 Å². The number of benzene rings is 3. The first-order valence-electron chi connectivity index (χ1n) is 10.7. The summed E-state index contributed by atoms with van der Waals surface area (Å²) < 4.78 is 0. The molecule has 0 aliphatic heterocycles. The van der Waals surface area contributed by atoms with Crippen LogP contribution < -0.4 is 16.1 Å². The number of nitro groups is 1. The molecule has 1 heterocycles. The standard InChI is InChI=1S/C24H22N8O4/c1-14-3-5-18(11-15(14)2)27-23-28-22(26-17-6-8-19(9-7-17)32(35)36)29-24(30-23)31-25-13-16-4-10-20(33)21(34)12-16/h3-13,33-34H,1-2H3,(H3,26,27,28,29,30,31). The van der Waals surface area contributed by atoms with E-state index in [0.29, 0.717) is 11.3 Å². The third-order valence-corrected chi connectivity index (χ3v) is 5.11. The van der Waals surface area contributed by atoms with Gasteiger partial charge in [0, 0.05) is 23.5 Å². The lowest BCUT2D eigenvalue weighted by molar-refractivity contribution is -0.384. The van der Waals surface area contributed by atoms with E-state index in [-0.39, 0.29) is 35.0 Å². The molecule has 0 aliphatic carbocycles. The van der Waals surface area contributed by atoms with E-state index in [4.69, 9.17) is 0 Å². The number of phenolic OH excluding ortho intramolecular Hbond substituents is 2. The molecule has 0 bridgehead atoms. The highest BCUT2D eigenvalue weighted by atomic mass is 16.6. The average molecular weight is 486 g/mol. The Labute approximate surface area is 205 Å². The van der Waals surface area contributed by atoms with Gasteiger partial charge in [-0.1, -0.05) is 6.07 Å². The smallest absolute Gasteiger partial charge is 0.269 e. The van der Waals surface area contributed by atoms with Gasteiger partial charge in [-0.15, -0.1) is 0 Å². The molecule has 0 saturated heterocycles. The van der Waals surface area contributed by atoms with Crippen molar-refractivity contribution in [2.45, 2.75) is 13.8 Å². The molecule has 12 nitrogen and oxygen atoms in total. The second-order valence-electron chi connectivity index (χ2n) is 7.78. The normalized spacial score (nSPS) is 10.8. The van der Waals surface area contributed by atoms with Gasteiger partial charge in [-0.3, -0.25) is 10.1 Å². The number of aromatic nitrogens is 3. The second-order valence-corrected chi connectivity index (χ2v) is 7.78. The summed E-state index contributed by atoms with van der Waals surface area (Å²) in [5.74, 6) is 0.0120. The van der Waals surface area contributed by atoms with Crippen LogP contribution in [0.2, 0.25) is 0 Å². The number of aryl methyl sites for hydroxylation is 2. The number of hydrazone groups is 1. The topological polar surface area (TPSA) is 171 Å². The second kappa shape index (κ2) is 10.3. The van der Waals surface area contributed by atoms with Crippen molar-refractivity contribution in [3.05, 3.63) is 87.5 Å². The quantitative estimate of drug-likeness (QED) is 0.101. The van der Waals surface area contributed by atoms with E-state index < -0.39 is 4.92 Å². The van der Waals surface area contributed by atoms with Crippen LogP contribution in [0.25, 0.3) is 0 Å². The Morgan fingerprint density at radius 3 is 2.08 bits per heavy atom. The summed E-state index contributed by atoms with van der Waals surface area (Å²) >= 11 is 0. The molecule has 36 heavy (non-hydrogen) atoms. The van der Waals surface area contributed by atoms with Gasteiger partial charge in [0.15, 0.2) is 11.5 Å². The monoisotopic (exact) mass is 486 g/mol. The molecule has 4 aromatic rings. The zero-order valence-electron chi connectivity index (χ0n) is 19.3. The van der Waals surface area contributed by atoms with Crippen LogP contribution in [-0.4, -0.2) is 36.3 Å². The van der Waals surface area contributed by atoms with Gasteiger partial charge in [-0.25, -0.2) is 5.43 Å². The van der Waals surface area contributed by atoms with Crippen molar-refractivity contribution < 1.29 is 15.1 Å². The number of aromatic hydroxyl groups is 2. The first-order chi connectivity index (χ1) is 17.3. The molecule has 3 aromatic carbocycles. The maximum absolute atomic E-state index is 10.9. The van der Waals surface area contributed by atoms with Crippen molar-refractivity contribution >= 4 is 41.1 Å². The number of phenols is 2. The van der Waals surface area contributed by atoms with Crippen LogP contribution in [0.5, 0.6) is 11.5 Å². The van der Waals surface area contributed by atoms with E-state index >= 15 is 0 Å². The fourth-order valence-electron chi connectivity index (χ4n) is 3.07. The van der Waals surface area contributed by atoms with Crippen molar-refractivity contribution in [1.29, 1.82) is 0 Å². The van der Waals surface area contributed by atoms with Crippen LogP contribution in [-0.2, 0) is 0 Å². The molecule has 0 saturated carbocycles. The van der Waals surface area contributed by atoms with Gasteiger partial charge >= 0.3 is 0 Å². The summed E-state index contributed by atoms with van der Waals surface area (Å²) in [6.07, 6.45) is 1.42. The molecule has 0 unspecified atom stereocenters. The van der Waals surface area contributed by atoms with Gasteiger partial charge in [0.2, 0.25) is 17.8 Å². The molecule has 12 heteroatoms. The number of nitro benzene ring substituents is 1. The Hall–Kier alpha value is -5.26. The highest BCUT2D eigenvalue weighted by molar-refractivity contribution is 5.81. The molecule has 0 atom stereocenters. The molecule has 0 radical (unpaired) electrons. The Bertz CT molecular complexity index is 1440. The van der Waals surface area contributed by atoms with Gasteiger partial charge in [-0.2, -0.15) is 20.1 Å². The van der Waals surface area contributed by atoms with Crippen LogP contribution in [0.3, 0.4) is 0 Å². The largest absolute Gasteiger partial charge is 0.504 e. The molecule has 5 N–H and O–H groups in total. The highest BCUT2D eigenvalue weighted by Gasteiger charge is 2.10. The van der Waals surface area contributed by atoms with Gasteiger partial charge in [0.05, 0.1) is 11.1 Å². The minimum Gasteiger partial charge on any atom is -0.504 e. The third-order valence-electron chi connectivity index (χ3n) is 5.11. The number of anilines is 5. The molecule has 4 rings (SSSR count).